The van der Waals surface area contributed by atoms with Crippen molar-refractivity contribution in [2.75, 3.05) is 20.3 Å². The molecular formula is C21H28N2O2. The number of benzene rings is 2. The van der Waals surface area contributed by atoms with Crippen molar-refractivity contribution in [1.29, 1.82) is 0 Å². The predicted octanol–water partition coefficient (Wildman–Crippen LogP) is 3.21. The molecule has 1 aliphatic heterocycles. The Morgan fingerprint density at radius 3 is 2.48 bits per heavy atom. The molecule has 1 fully saturated rings. The Kier molecular flexibility index (Phi) is 5.42. The van der Waals surface area contributed by atoms with Gasteiger partial charge in [-0.2, -0.15) is 0 Å². The molecule has 4 heteroatoms. The van der Waals surface area contributed by atoms with Crippen LogP contribution in [0.15, 0.2) is 54.6 Å². The van der Waals surface area contributed by atoms with Gasteiger partial charge >= 0.3 is 0 Å². The molecule has 3 rings (SSSR count). The molecule has 2 atom stereocenters. The zero-order chi connectivity index (χ0) is 17.8. The maximum Gasteiger partial charge on any atom is 0.118 e. The van der Waals surface area contributed by atoms with Crippen molar-refractivity contribution in [3.8, 4) is 5.75 Å². The van der Waals surface area contributed by atoms with Gasteiger partial charge in [0.05, 0.1) is 12.6 Å². The molecule has 2 aromatic carbocycles. The van der Waals surface area contributed by atoms with Gasteiger partial charge in [0, 0.05) is 19.7 Å². The summed E-state index contributed by atoms with van der Waals surface area (Å²) in [5, 5.41) is 3.74. The van der Waals surface area contributed by atoms with Crippen LogP contribution in [0.3, 0.4) is 0 Å². The number of rotatable bonds is 6. The van der Waals surface area contributed by atoms with E-state index in [-0.39, 0.29) is 5.54 Å². The largest absolute Gasteiger partial charge is 0.497 e. The number of nitrogens with two attached hydrogens (primary N) is 1. The first kappa shape index (κ1) is 17.9. The van der Waals surface area contributed by atoms with E-state index >= 15 is 0 Å². The Hall–Kier alpha value is -1.88. The maximum absolute atomic E-state index is 6.34. The summed E-state index contributed by atoms with van der Waals surface area (Å²) in [5.74, 6) is 0.846. The molecule has 0 saturated carbocycles. The summed E-state index contributed by atoms with van der Waals surface area (Å²) in [4.78, 5) is 0. The molecule has 2 aromatic rings. The third-order valence-electron chi connectivity index (χ3n) is 5.51. The summed E-state index contributed by atoms with van der Waals surface area (Å²) in [6.07, 6.45) is 1.99. The Balaban J connectivity index is 1.90. The fraction of sp³-hybridized carbons (Fsp3) is 0.429. The number of hydrogen-bond acceptors (Lipinski definition) is 4. The van der Waals surface area contributed by atoms with Gasteiger partial charge in [-0.3, -0.25) is 0 Å². The van der Waals surface area contributed by atoms with Gasteiger partial charge in [0.15, 0.2) is 0 Å². The predicted molar refractivity (Wildman–Crippen MR) is 101 cm³/mol. The lowest BCUT2D eigenvalue weighted by Gasteiger charge is -2.52. The van der Waals surface area contributed by atoms with Crippen LogP contribution in [-0.2, 0) is 16.9 Å². The smallest absolute Gasteiger partial charge is 0.118 e. The molecule has 1 heterocycles. The highest BCUT2D eigenvalue weighted by Crippen LogP contribution is 2.43. The molecular weight excluding hydrogens is 312 g/mol. The van der Waals surface area contributed by atoms with Gasteiger partial charge in [0.1, 0.15) is 11.4 Å². The summed E-state index contributed by atoms with van der Waals surface area (Å²) in [7, 11) is 1.68. The zero-order valence-corrected chi connectivity index (χ0v) is 15.1. The number of ether oxygens (including phenoxy) is 2. The summed E-state index contributed by atoms with van der Waals surface area (Å²) in [6.45, 7) is 4.19. The molecule has 1 saturated heterocycles. The average molecular weight is 340 g/mol. The van der Waals surface area contributed by atoms with E-state index in [1.807, 2.05) is 18.2 Å². The van der Waals surface area contributed by atoms with Gasteiger partial charge in [-0.1, -0.05) is 42.5 Å². The zero-order valence-electron chi connectivity index (χ0n) is 15.1. The molecule has 134 valence electrons. The fourth-order valence-corrected chi connectivity index (χ4v) is 3.79. The minimum absolute atomic E-state index is 0.310. The van der Waals surface area contributed by atoms with E-state index in [1.165, 1.54) is 5.56 Å². The van der Waals surface area contributed by atoms with Crippen molar-refractivity contribution in [3.63, 3.8) is 0 Å². The molecule has 0 spiro atoms. The van der Waals surface area contributed by atoms with Gasteiger partial charge in [-0.05, 0) is 43.0 Å². The Morgan fingerprint density at radius 1 is 1.12 bits per heavy atom. The Morgan fingerprint density at radius 2 is 1.84 bits per heavy atom. The third kappa shape index (κ3) is 3.43. The molecule has 0 radical (unpaired) electrons. The number of hydrogen-bond donors (Lipinski definition) is 2. The normalized spacial score (nSPS) is 26.4. The van der Waals surface area contributed by atoms with Crippen LogP contribution in [0.2, 0.25) is 0 Å². The van der Waals surface area contributed by atoms with E-state index in [1.54, 1.807) is 7.11 Å². The molecule has 0 amide bonds. The lowest BCUT2D eigenvalue weighted by atomic mass is 9.71. The number of methoxy groups -OCH3 is 1. The summed E-state index contributed by atoms with van der Waals surface area (Å²) in [6, 6.07) is 18.6. The first-order valence-electron chi connectivity index (χ1n) is 8.91. The van der Waals surface area contributed by atoms with Crippen LogP contribution in [-0.4, -0.2) is 25.8 Å². The van der Waals surface area contributed by atoms with Gasteiger partial charge < -0.3 is 20.5 Å². The van der Waals surface area contributed by atoms with E-state index in [0.717, 1.165) is 37.3 Å². The number of nitrogens with one attached hydrogen (secondary N) is 1. The van der Waals surface area contributed by atoms with Crippen molar-refractivity contribution in [3.05, 3.63) is 65.7 Å². The van der Waals surface area contributed by atoms with Crippen LogP contribution in [0, 0.1) is 0 Å². The van der Waals surface area contributed by atoms with E-state index in [2.05, 4.69) is 48.6 Å². The van der Waals surface area contributed by atoms with E-state index in [9.17, 15) is 0 Å². The van der Waals surface area contributed by atoms with Gasteiger partial charge in [0.25, 0.3) is 0 Å². The fourth-order valence-electron chi connectivity index (χ4n) is 3.79. The highest BCUT2D eigenvalue weighted by Gasteiger charge is 2.51. The van der Waals surface area contributed by atoms with Crippen LogP contribution in [0.4, 0.5) is 0 Å². The minimum Gasteiger partial charge on any atom is -0.497 e. The van der Waals surface area contributed by atoms with Crippen molar-refractivity contribution < 1.29 is 9.47 Å². The van der Waals surface area contributed by atoms with Gasteiger partial charge in [0.2, 0.25) is 0 Å². The molecule has 4 nitrogen and oxygen atoms in total. The highest BCUT2D eigenvalue weighted by atomic mass is 16.5. The van der Waals surface area contributed by atoms with Crippen LogP contribution < -0.4 is 15.8 Å². The van der Waals surface area contributed by atoms with Gasteiger partial charge in [-0.25, -0.2) is 0 Å². The van der Waals surface area contributed by atoms with Crippen LogP contribution in [0.1, 0.15) is 30.9 Å². The molecule has 0 bridgehead atoms. The summed E-state index contributed by atoms with van der Waals surface area (Å²) >= 11 is 0. The van der Waals surface area contributed by atoms with Crippen molar-refractivity contribution in [2.45, 2.75) is 37.5 Å². The average Bonchev–Trinajstić information content (AvgIpc) is 2.68. The van der Waals surface area contributed by atoms with Crippen LogP contribution in [0.5, 0.6) is 5.75 Å². The standard InChI is InChI=1S/C21H28N2O2/c1-20(18-9-11-19(24-2)12-10-18)21(16-22,13-6-14-25-20)23-15-17-7-4-3-5-8-17/h3-5,7-12,23H,6,13-16,22H2,1-2H3. The topological polar surface area (TPSA) is 56.5 Å². The maximum atomic E-state index is 6.34. The second-order valence-corrected chi connectivity index (χ2v) is 6.84. The van der Waals surface area contributed by atoms with Crippen LogP contribution >= 0.6 is 0 Å². The van der Waals surface area contributed by atoms with Crippen LogP contribution in [0.25, 0.3) is 0 Å². The molecule has 25 heavy (non-hydrogen) atoms. The molecule has 0 aromatic heterocycles. The lowest BCUT2D eigenvalue weighted by molar-refractivity contribution is -0.136. The molecule has 1 aliphatic rings. The van der Waals surface area contributed by atoms with Crippen molar-refractivity contribution >= 4 is 0 Å². The molecule has 3 N–H and O–H groups in total. The first-order chi connectivity index (χ1) is 12.1. The Labute approximate surface area is 150 Å². The SMILES string of the molecule is COc1ccc(C2(C)OCCCC2(CN)NCc2ccccc2)cc1. The van der Waals surface area contributed by atoms with E-state index in [4.69, 9.17) is 15.2 Å². The monoisotopic (exact) mass is 340 g/mol. The molecule has 0 aliphatic carbocycles. The Bertz CT molecular complexity index is 674. The van der Waals surface area contributed by atoms with Crippen molar-refractivity contribution in [2.24, 2.45) is 5.73 Å². The summed E-state index contributed by atoms with van der Waals surface area (Å²) in [5.41, 5.74) is 7.88. The lowest BCUT2D eigenvalue weighted by Crippen LogP contribution is -2.66. The second kappa shape index (κ2) is 7.56. The minimum atomic E-state index is -0.485. The molecule has 2 unspecified atom stereocenters. The first-order valence-corrected chi connectivity index (χ1v) is 8.91. The summed E-state index contributed by atoms with van der Waals surface area (Å²) < 4.78 is 11.6. The van der Waals surface area contributed by atoms with Crippen molar-refractivity contribution in [1.82, 2.24) is 5.32 Å². The highest BCUT2D eigenvalue weighted by molar-refractivity contribution is 5.34. The van der Waals surface area contributed by atoms with E-state index < -0.39 is 5.60 Å². The van der Waals surface area contributed by atoms with Gasteiger partial charge in [-0.15, -0.1) is 0 Å². The quantitative estimate of drug-likeness (QED) is 0.848. The van der Waals surface area contributed by atoms with E-state index in [0.29, 0.717) is 6.54 Å². The third-order valence-corrected chi connectivity index (χ3v) is 5.51. The second-order valence-electron chi connectivity index (χ2n) is 6.84.